The molecular weight excluding hydrogens is 292 g/mol. The summed E-state index contributed by atoms with van der Waals surface area (Å²) < 4.78 is 11.2. The summed E-state index contributed by atoms with van der Waals surface area (Å²) in [6, 6.07) is 15.4. The molecule has 0 aliphatic carbocycles. The van der Waals surface area contributed by atoms with Crippen LogP contribution >= 0.6 is 0 Å². The highest BCUT2D eigenvalue weighted by Crippen LogP contribution is 2.35. The van der Waals surface area contributed by atoms with Crippen molar-refractivity contribution in [2.75, 3.05) is 7.11 Å². The van der Waals surface area contributed by atoms with Gasteiger partial charge in [-0.25, -0.2) is 0 Å². The van der Waals surface area contributed by atoms with Gasteiger partial charge in [0.05, 0.1) is 13.5 Å². The molecule has 0 saturated carbocycles. The van der Waals surface area contributed by atoms with Crippen LogP contribution in [0, 0.1) is 0 Å². The summed E-state index contributed by atoms with van der Waals surface area (Å²) in [5, 5.41) is 9.08. The second kappa shape index (κ2) is 7.18. The lowest BCUT2D eigenvalue weighted by atomic mass is 9.81. The van der Waals surface area contributed by atoms with Gasteiger partial charge in [0.2, 0.25) is 0 Å². The van der Waals surface area contributed by atoms with E-state index in [0.717, 1.165) is 11.1 Å². The molecular formula is C19H22O4. The third-order valence-corrected chi connectivity index (χ3v) is 3.78. The number of benzene rings is 2. The number of carboxylic acids is 1. The van der Waals surface area contributed by atoms with Gasteiger partial charge in [-0.15, -0.1) is 0 Å². The number of rotatable bonds is 7. The normalized spacial score (nSPS) is 11.1. The van der Waals surface area contributed by atoms with E-state index < -0.39 is 11.4 Å². The fraction of sp³-hybridized carbons (Fsp3) is 0.316. The Kier molecular flexibility index (Phi) is 5.27. The van der Waals surface area contributed by atoms with Crippen LogP contribution in [0.2, 0.25) is 0 Å². The van der Waals surface area contributed by atoms with Gasteiger partial charge in [-0.1, -0.05) is 50.2 Å². The molecule has 0 fully saturated rings. The molecule has 2 aromatic carbocycles. The maximum absolute atomic E-state index is 11.1. The lowest BCUT2D eigenvalue weighted by Crippen LogP contribution is -2.21. The molecule has 0 saturated heterocycles. The molecule has 0 spiro atoms. The van der Waals surface area contributed by atoms with Crippen LogP contribution in [0.5, 0.6) is 11.5 Å². The number of methoxy groups -OCH3 is 1. The first-order valence-corrected chi connectivity index (χ1v) is 7.49. The van der Waals surface area contributed by atoms with Gasteiger partial charge in [-0.2, -0.15) is 0 Å². The third-order valence-electron chi connectivity index (χ3n) is 3.78. The van der Waals surface area contributed by atoms with Crippen molar-refractivity contribution < 1.29 is 19.4 Å². The van der Waals surface area contributed by atoms with Crippen molar-refractivity contribution in [3.63, 3.8) is 0 Å². The Hall–Kier alpha value is -2.49. The Bertz CT molecular complexity index is 662. The molecule has 0 heterocycles. The zero-order valence-corrected chi connectivity index (χ0v) is 13.7. The van der Waals surface area contributed by atoms with E-state index in [1.54, 1.807) is 7.11 Å². The lowest BCUT2D eigenvalue weighted by molar-refractivity contribution is -0.138. The van der Waals surface area contributed by atoms with Gasteiger partial charge in [0, 0.05) is 5.41 Å². The lowest BCUT2D eigenvalue weighted by Gasteiger charge is -2.24. The van der Waals surface area contributed by atoms with Crippen LogP contribution in [0.3, 0.4) is 0 Å². The highest BCUT2D eigenvalue weighted by molar-refractivity contribution is 5.69. The minimum Gasteiger partial charge on any atom is -0.493 e. The average molecular weight is 314 g/mol. The van der Waals surface area contributed by atoms with E-state index in [0.29, 0.717) is 18.1 Å². The van der Waals surface area contributed by atoms with Crippen LogP contribution in [0.15, 0.2) is 48.5 Å². The zero-order chi connectivity index (χ0) is 16.9. The molecule has 0 atom stereocenters. The predicted octanol–water partition coefficient (Wildman–Crippen LogP) is 4.03. The van der Waals surface area contributed by atoms with Crippen LogP contribution in [0.1, 0.15) is 31.4 Å². The summed E-state index contributed by atoms with van der Waals surface area (Å²) >= 11 is 0. The Morgan fingerprint density at radius 2 is 1.78 bits per heavy atom. The molecule has 0 unspecified atom stereocenters. The summed E-state index contributed by atoms with van der Waals surface area (Å²) in [6.45, 7) is 4.24. The predicted molar refractivity (Wildman–Crippen MR) is 89.0 cm³/mol. The molecule has 0 aliphatic rings. The molecule has 0 aromatic heterocycles. The topological polar surface area (TPSA) is 55.8 Å². The number of carbonyl (C=O) groups is 1. The van der Waals surface area contributed by atoms with E-state index >= 15 is 0 Å². The highest BCUT2D eigenvalue weighted by Gasteiger charge is 2.25. The molecule has 23 heavy (non-hydrogen) atoms. The first-order chi connectivity index (χ1) is 10.9. The molecule has 0 aliphatic heterocycles. The van der Waals surface area contributed by atoms with Gasteiger partial charge in [0.15, 0.2) is 11.5 Å². The van der Waals surface area contributed by atoms with Gasteiger partial charge in [0.1, 0.15) is 6.61 Å². The van der Waals surface area contributed by atoms with Crippen molar-refractivity contribution in [2.45, 2.75) is 32.3 Å². The van der Waals surface area contributed by atoms with Crippen molar-refractivity contribution in [1.29, 1.82) is 0 Å². The van der Waals surface area contributed by atoms with E-state index in [-0.39, 0.29) is 6.42 Å². The quantitative estimate of drug-likeness (QED) is 0.838. The second-order valence-corrected chi connectivity index (χ2v) is 6.09. The minimum atomic E-state index is -0.822. The molecule has 1 N–H and O–H groups in total. The fourth-order valence-corrected chi connectivity index (χ4v) is 2.43. The largest absolute Gasteiger partial charge is 0.493 e. The summed E-state index contributed by atoms with van der Waals surface area (Å²) in [6.07, 6.45) is 0.0530. The molecule has 122 valence electrons. The van der Waals surface area contributed by atoms with Crippen LogP contribution in [-0.2, 0) is 16.8 Å². The van der Waals surface area contributed by atoms with Gasteiger partial charge < -0.3 is 14.6 Å². The second-order valence-electron chi connectivity index (χ2n) is 6.09. The Morgan fingerprint density at radius 1 is 1.09 bits per heavy atom. The first-order valence-electron chi connectivity index (χ1n) is 7.49. The van der Waals surface area contributed by atoms with Gasteiger partial charge in [-0.05, 0) is 23.3 Å². The van der Waals surface area contributed by atoms with Crippen LogP contribution in [-0.4, -0.2) is 18.2 Å². The number of carboxylic acid groups (broad SMARTS) is 1. The van der Waals surface area contributed by atoms with Crippen molar-refractivity contribution in [2.24, 2.45) is 0 Å². The number of hydrogen-bond donors (Lipinski definition) is 1. The Balaban J connectivity index is 2.23. The van der Waals surface area contributed by atoms with Crippen molar-refractivity contribution in [1.82, 2.24) is 0 Å². The van der Waals surface area contributed by atoms with E-state index in [1.807, 2.05) is 62.4 Å². The van der Waals surface area contributed by atoms with Crippen LogP contribution < -0.4 is 9.47 Å². The standard InChI is InChI=1S/C19H22O4/c1-19(2,12-18(20)21)15-9-10-16(22-3)17(11-15)23-13-14-7-5-4-6-8-14/h4-11H,12-13H2,1-3H3,(H,20,21). The van der Waals surface area contributed by atoms with Gasteiger partial charge >= 0.3 is 5.97 Å². The summed E-state index contributed by atoms with van der Waals surface area (Å²) in [5.74, 6) is 0.431. The first kappa shape index (κ1) is 16.9. The van der Waals surface area contributed by atoms with Crippen molar-refractivity contribution in [3.8, 4) is 11.5 Å². The van der Waals surface area contributed by atoms with E-state index in [1.165, 1.54) is 0 Å². The molecule has 2 aromatic rings. The molecule has 4 nitrogen and oxygen atoms in total. The SMILES string of the molecule is COc1ccc(C(C)(C)CC(=O)O)cc1OCc1ccccc1. The number of hydrogen-bond acceptors (Lipinski definition) is 3. The number of ether oxygens (including phenoxy) is 2. The Labute approximate surface area is 136 Å². The molecule has 0 radical (unpaired) electrons. The summed E-state index contributed by atoms with van der Waals surface area (Å²) in [5.41, 5.74) is 1.48. The highest BCUT2D eigenvalue weighted by atomic mass is 16.5. The van der Waals surface area contributed by atoms with Crippen molar-refractivity contribution >= 4 is 5.97 Å². The van der Waals surface area contributed by atoms with Crippen molar-refractivity contribution in [3.05, 3.63) is 59.7 Å². The van der Waals surface area contributed by atoms with Crippen LogP contribution in [0.25, 0.3) is 0 Å². The van der Waals surface area contributed by atoms with Gasteiger partial charge in [-0.3, -0.25) is 4.79 Å². The maximum atomic E-state index is 11.1. The molecule has 4 heteroatoms. The summed E-state index contributed by atoms with van der Waals surface area (Å²) in [4.78, 5) is 11.1. The number of aliphatic carboxylic acids is 1. The average Bonchev–Trinajstić information content (AvgIpc) is 2.52. The van der Waals surface area contributed by atoms with Crippen LogP contribution in [0.4, 0.5) is 0 Å². The van der Waals surface area contributed by atoms with E-state index in [4.69, 9.17) is 14.6 Å². The molecule has 0 bridgehead atoms. The Morgan fingerprint density at radius 3 is 2.39 bits per heavy atom. The fourth-order valence-electron chi connectivity index (χ4n) is 2.43. The summed E-state index contributed by atoms with van der Waals surface area (Å²) in [7, 11) is 1.59. The monoisotopic (exact) mass is 314 g/mol. The van der Waals surface area contributed by atoms with E-state index in [2.05, 4.69) is 0 Å². The molecule has 2 rings (SSSR count). The molecule has 0 amide bonds. The minimum absolute atomic E-state index is 0.0530. The van der Waals surface area contributed by atoms with E-state index in [9.17, 15) is 4.79 Å². The maximum Gasteiger partial charge on any atom is 0.304 e. The van der Waals surface area contributed by atoms with Gasteiger partial charge in [0.25, 0.3) is 0 Å². The third kappa shape index (κ3) is 4.49. The zero-order valence-electron chi connectivity index (χ0n) is 13.7. The smallest absolute Gasteiger partial charge is 0.304 e.